The van der Waals surface area contributed by atoms with E-state index in [4.69, 9.17) is 15.5 Å². The number of ether oxygens (including phenoxy) is 1. The number of rotatable bonds is 9. The van der Waals surface area contributed by atoms with Crippen molar-refractivity contribution in [1.82, 2.24) is 9.88 Å². The second-order valence-electron chi connectivity index (χ2n) is 7.11. The van der Waals surface area contributed by atoms with Gasteiger partial charge in [0.1, 0.15) is 0 Å². The number of hydrogen-bond donors (Lipinski definition) is 1. The molecule has 3 rings (SSSR count). The molecule has 1 aromatic heterocycles. The van der Waals surface area contributed by atoms with Gasteiger partial charge in [-0.2, -0.15) is 5.26 Å². The summed E-state index contributed by atoms with van der Waals surface area (Å²) in [6.45, 7) is 6.11. The normalized spacial score (nSPS) is 11.1. The van der Waals surface area contributed by atoms with Crippen molar-refractivity contribution in [3.63, 3.8) is 0 Å². The molecule has 0 aliphatic heterocycles. The smallest absolute Gasteiger partial charge is 0.0992 e. The van der Waals surface area contributed by atoms with Crippen LogP contribution in [-0.4, -0.2) is 43.2 Å². The summed E-state index contributed by atoms with van der Waals surface area (Å²) >= 11 is 0. The zero-order chi connectivity index (χ0) is 20.6. The van der Waals surface area contributed by atoms with Gasteiger partial charge in [0, 0.05) is 31.1 Å². The summed E-state index contributed by atoms with van der Waals surface area (Å²) in [5.74, 6) is 0. The lowest BCUT2D eigenvalue weighted by atomic mass is 10.0. The van der Waals surface area contributed by atoms with Gasteiger partial charge in [-0.05, 0) is 48.8 Å². The van der Waals surface area contributed by atoms with Crippen molar-refractivity contribution in [1.29, 1.82) is 5.26 Å². The maximum Gasteiger partial charge on any atom is 0.0992 e. The van der Waals surface area contributed by atoms with Crippen LogP contribution in [0, 0.1) is 11.3 Å². The topological polar surface area (TPSA) is 75.2 Å². The third-order valence-electron chi connectivity index (χ3n) is 5.16. The molecule has 5 heteroatoms. The van der Waals surface area contributed by atoms with Gasteiger partial charge in [0.05, 0.1) is 29.5 Å². The maximum atomic E-state index is 9.30. The van der Waals surface area contributed by atoms with Crippen molar-refractivity contribution in [2.75, 3.05) is 33.4 Å². The molecule has 150 valence electrons. The summed E-state index contributed by atoms with van der Waals surface area (Å²) in [5, 5.41) is 10.4. The average molecular weight is 389 g/mol. The van der Waals surface area contributed by atoms with E-state index < -0.39 is 0 Å². The number of likely N-dealkylation sites (N-methyl/N-ethyl adjacent to an activating group) is 1. The van der Waals surface area contributed by atoms with Crippen LogP contribution < -0.4 is 5.73 Å². The van der Waals surface area contributed by atoms with Gasteiger partial charge < -0.3 is 10.5 Å². The first-order valence-corrected chi connectivity index (χ1v) is 10.0. The molecule has 29 heavy (non-hydrogen) atoms. The minimum Gasteiger partial charge on any atom is -0.383 e. The molecule has 2 aromatic carbocycles. The molecular formula is C24H28N4O. The standard InChI is InChI=1S/C24H28N4O/c1-3-28(12-13-29-2)17-21-15-23(20-7-4-18(5-8-20)10-11-25)27-24-14-19(16-26)6-9-22(21)24/h4-9,14-15H,3,10-13,17,25H2,1-2H3. The predicted octanol–water partition coefficient (Wildman–Crippen LogP) is 3.74. The third kappa shape index (κ3) is 5.18. The Kier molecular flexibility index (Phi) is 7.31. The van der Waals surface area contributed by atoms with Gasteiger partial charge in [-0.25, -0.2) is 4.98 Å². The number of hydrogen-bond acceptors (Lipinski definition) is 5. The van der Waals surface area contributed by atoms with Gasteiger partial charge in [-0.1, -0.05) is 37.3 Å². The monoisotopic (exact) mass is 388 g/mol. The van der Waals surface area contributed by atoms with Crippen molar-refractivity contribution in [3.05, 3.63) is 65.2 Å². The Bertz CT molecular complexity index is 992. The molecule has 0 bridgehead atoms. The summed E-state index contributed by atoms with van der Waals surface area (Å²) in [6.07, 6.45) is 0.868. The first-order chi connectivity index (χ1) is 14.2. The average Bonchev–Trinajstić information content (AvgIpc) is 2.76. The number of nitrogens with two attached hydrogens (primary N) is 1. The summed E-state index contributed by atoms with van der Waals surface area (Å²) in [6, 6.07) is 18.5. The predicted molar refractivity (Wildman–Crippen MR) is 117 cm³/mol. The van der Waals surface area contributed by atoms with Gasteiger partial charge >= 0.3 is 0 Å². The van der Waals surface area contributed by atoms with Gasteiger partial charge in [-0.3, -0.25) is 4.90 Å². The van der Waals surface area contributed by atoms with E-state index in [2.05, 4.69) is 48.2 Å². The van der Waals surface area contributed by atoms with Gasteiger partial charge in [0.15, 0.2) is 0 Å². The molecule has 1 heterocycles. The van der Waals surface area contributed by atoms with Crippen LogP contribution in [0.2, 0.25) is 0 Å². The van der Waals surface area contributed by atoms with Crippen LogP contribution in [-0.2, 0) is 17.7 Å². The Morgan fingerprint density at radius 3 is 2.59 bits per heavy atom. The largest absolute Gasteiger partial charge is 0.383 e. The molecule has 0 amide bonds. The Labute approximate surface area is 172 Å². The Hall–Kier alpha value is -2.78. The van der Waals surface area contributed by atoms with E-state index in [0.29, 0.717) is 18.7 Å². The number of fused-ring (bicyclic) bond motifs is 1. The summed E-state index contributed by atoms with van der Waals surface area (Å²) in [4.78, 5) is 7.22. The fourth-order valence-electron chi connectivity index (χ4n) is 3.47. The molecule has 0 spiro atoms. The minimum absolute atomic E-state index is 0.623. The first-order valence-electron chi connectivity index (χ1n) is 10.0. The number of pyridine rings is 1. The number of nitriles is 1. The van der Waals surface area contributed by atoms with Crippen LogP contribution in [0.15, 0.2) is 48.5 Å². The minimum atomic E-state index is 0.623. The van der Waals surface area contributed by atoms with E-state index in [1.54, 1.807) is 7.11 Å². The maximum absolute atomic E-state index is 9.30. The van der Waals surface area contributed by atoms with Gasteiger partial charge in [0.2, 0.25) is 0 Å². The Morgan fingerprint density at radius 2 is 1.93 bits per heavy atom. The molecule has 0 saturated heterocycles. The molecule has 5 nitrogen and oxygen atoms in total. The summed E-state index contributed by atoms with van der Waals surface area (Å²) < 4.78 is 5.25. The molecule has 0 aliphatic carbocycles. The molecule has 0 radical (unpaired) electrons. The fraction of sp³-hybridized carbons (Fsp3) is 0.333. The van der Waals surface area contributed by atoms with Crippen molar-refractivity contribution in [3.8, 4) is 17.3 Å². The molecule has 0 unspecified atom stereocenters. The Morgan fingerprint density at radius 1 is 1.14 bits per heavy atom. The SMILES string of the molecule is CCN(CCOC)Cc1cc(-c2ccc(CCN)cc2)nc2cc(C#N)ccc12. The Balaban J connectivity index is 2.04. The highest BCUT2D eigenvalue weighted by atomic mass is 16.5. The zero-order valence-corrected chi connectivity index (χ0v) is 17.2. The van der Waals surface area contributed by atoms with Crippen LogP contribution >= 0.6 is 0 Å². The van der Waals surface area contributed by atoms with Crippen LogP contribution in [0.3, 0.4) is 0 Å². The quantitative estimate of drug-likeness (QED) is 0.604. The molecule has 0 fully saturated rings. The van der Waals surface area contributed by atoms with Crippen LogP contribution in [0.4, 0.5) is 0 Å². The lowest BCUT2D eigenvalue weighted by Gasteiger charge is -2.21. The molecule has 0 saturated carbocycles. The highest BCUT2D eigenvalue weighted by molar-refractivity contribution is 5.86. The lowest BCUT2D eigenvalue weighted by molar-refractivity contribution is 0.147. The van der Waals surface area contributed by atoms with Crippen molar-refractivity contribution in [2.45, 2.75) is 19.9 Å². The van der Waals surface area contributed by atoms with Crippen LogP contribution in [0.1, 0.15) is 23.6 Å². The van der Waals surface area contributed by atoms with Gasteiger partial charge in [-0.15, -0.1) is 0 Å². The van der Waals surface area contributed by atoms with Gasteiger partial charge in [0.25, 0.3) is 0 Å². The fourth-order valence-corrected chi connectivity index (χ4v) is 3.47. The van der Waals surface area contributed by atoms with Crippen molar-refractivity contribution >= 4 is 10.9 Å². The van der Waals surface area contributed by atoms with Crippen LogP contribution in [0.25, 0.3) is 22.2 Å². The van der Waals surface area contributed by atoms with E-state index in [0.717, 1.165) is 48.2 Å². The van der Waals surface area contributed by atoms with E-state index in [9.17, 15) is 5.26 Å². The number of methoxy groups -OCH3 is 1. The van der Waals surface area contributed by atoms with E-state index in [1.807, 2.05) is 18.2 Å². The van der Waals surface area contributed by atoms with E-state index >= 15 is 0 Å². The van der Waals surface area contributed by atoms with E-state index in [1.165, 1.54) is 11.1 Å². The number of nitrogens with zero attached hydrogens (tertiary/aromatic N) is 3. The zero-order valence-electron chi connectivity index (χ0n) is 17.2. The summed E-state index contributed by atoms with van der Waals surface area (Å²) in [7, 11) is 1.73. The second-order valence-corrected chi connectivity index (χ2v) is 7.11. The van der Waals surface area contributed by atoms with Crippen LogP contribution in [0.5, 0.6) is 0 Å². The lowest BCUT2D eigenvalue weighted by Crippen LogP contribution is -2.26. The second kappa shape index (κ2) is 10.1. The first kappa shape index (κ1) is 20.9. The highest BCUT2D eigenvalue weighted by Crippen LogP contribution is 2.27. The molecule has 2 N–H and O–H groups in total. The molecule has 0 aliphatic rings. The number of aromatic nitrogens is 1. The van der Waals surface area contributed by atoms with Crippen molar-refractivity contribution in [2.24, 2.45) is 5.73 Å². The van der Waals surface area contributed by atoms with Crippen molar-refractivity contribution < 1.29 is 4.74 Å². The molecule has 0 atom stereocenters. The summed E-state index contributed by atoms with van der Waals surface area (Å²) in [5.41, 5.74) is 11.6. The highest BCUT2D eigenvalue weighted by Gasteiger charge is 2.12. The molecule has 3 aromatic rings. The third-order valence-corrected chi connectivity index (χ3v) is 5.16. The van der Waals surface area contributed by atoms with E-state index in [-0.39, 0.29) is 0 Å². The number of benzene rings is 2. The molecular weight excluding hydrogens is 360 g/mol.